The predicted molar refractivity (Wildman–Crippen MR) is 98.9 cm³/mol. The zero-order valence-electron chi connectivity index (χ0n) is 14.3. The fourth-order valence-electron chi connectivity index (χ4n) is 2.45. The molecular formula is C22H18O4. The van der Waals surface area contributed by atoms with Gasteiger partial charge in [0.05, 0.1) is 12.2 Å². The van der Waals surface area contributed by atoms with Gasteiger partial charge < -0.3 is 9.47 Å². The molecule has 0 heterocycles. The van der Waals surface area contributed by atoms with Gasteiger partial charge in [0.1, 0.15) is 11.5 Å². The fraction of sp³-hybridized carbons (Fsp3) is 0.0909. The molecule has 4 heteroatoms. The lowest BCUT2D eigenvalue weighted by atomic mass is 10.0. The number of hydrogen-bond acceptors (Lipinski definition) is 4. The van der Waals surface area contributed by atoms with Gasteiger partial charge in [-0.25, -0.2) is 4.79 Å². The average Bonchev–Trinajstić information content (AvgIpc) is 2.69. The summed E-state index contributed by atoms with van der Waals surface area (Å²) in [5, 5.41) is 0. The van der Waals surface area contributed by atoms with Crippen molar-refractivity contribution < 1.29 is 19.1 Å². The summed E-state index contributed by atoms with van der Waals surface area (Å²) < 4.78 is 10.7. The van der Waals surface area contributed by atoms with Crippen molar-refractivity contribution >= 4 is 11.8 Å². The molecule has 4 nitrogen and oxygen atoms in total. The molecule has 0 N–H and O–H groups in total. The number of carbonyl (C=O) groups is 2. The van der Waals surface area contributed by atoms with Gasteiger partial charge in [0, 0.05) is 11.1 Å². The Balaban J connectivity index is 1.67. The van der Waals surface area contributed by atoms with E-state index in [-0.39, 0.29) is 5.78 Å². The summed E-state index contributed by atoms with van der Waals surface area (Å²) in [6.45, 7) is 2.46. The number of ketones is 1. The van der Waals surface area contributed by atoms with Gasteiger partial charge in [-0.05, 0) is 55.5 Å². The number of ether oxygens (including phenoxy) is 2. The molecule has 0 fully saturated rings. The van der Waals surface area contributed by atoms with Crippen molar-refractivity contribution in [2.24, 2.45) is 0 Å². The van der Waals surface area contributed by atoms with E-state index in [0.717, 1.165) is 0 Å². The summed E-state index contributed by atoms with van der Waals surface area (Å²) in [6.07, 6.45) is 0. The molecule has 0 aromatic heterocycles. The van der Waals surface area contributed by atoms with Crippen LogP contribution >= 0.6 is 0 Å². The van der Waals surface area contributed by atoms with Gasteiger partial charge in [-0.15, -0.1) is 0 Å². The number of carbonyl (C=O) groups excluding carboxylic acids is 2. The molecule has 0 bridgehead atoms. The third kappa shape index (κ3) is 4.16. The summed E-state index contributed by atoms with van der Waals surface area (Å²) in [5.74, 6) is 0.548. The molecule has 0 spiro atoms. The summed E-state index contributed by atoms with van der Waals surface area (Å²) in [4.78, 5) is 24.6. The van der Waals surface area contributed by atoms with E-state index in [1.165, 1.54) is 0 Å². The van der Waals surface area contributed by atoms with Crippen LogP contribution in [0.25, 0.3) is 0 Å². The third-order valence-electron chi connectivity index (χ3n) is 3.76. The number of hydrogen-bond donors (Lipinski definition) is 0. The minimum atomic E-state index is -0.463. The van der Waals surface area contributed by atoms with Crippen LogP contribution < -0.4 is 9.47 Å². The van der Waals surface area contributed by atoms with Gasteiger partial charge in [-0.1, -0.05) is 30.3 Å². The second-order valence-corrected chi connectivity index (χ2v) is 5.57. The lowest BCUT2D eigenvalue weighted by molar-refractivity contribution is 0.0734. The predicted octanol–water partition coefficient (Wildman–Crippen LogP) is 4.54. The Morgan fingerprint density at radius 1 is 0.692 bits per heavy atom. The van der Waals surface area contributed by atoms with Crippen molar-refractivity contribution in [1.82, 2.24) is 0 Å². The first-order chi connectivity index (χ1) is 12.7. The highest BCUT2D eigenvalue weighted by Gasteiger charge is 2.11. The van der Waals surface area contributed by atoms with Crippen LogP contribution in [-0.2, 0) is 0 Å². The Morgan fingerprint density at radius 3 is 1.85 bits per heavy atom. The minimum Gasteiger partial charge on any atom is -0.494 e. The fourth-order valence-corrected chi connectivity index (χ4v) is 2.45. The van der Waals surface area contributed by atoms with Gasteiger partial charge in [-0.2, -0.15) is 0 Å². The molecular weight excluding hydrogens is 328 g/mol. The van der Waals surface area contributed by atoms with Gasteiger partial charge in [0.2, 0.25) is 0 Å². The molecule has 0 saturated carbocycles. The first-order valence-corrected chi connectivity index (χ1v) is 8.32. The molecule has 3 rings (SSSR count). The molecule has 0 aliphatic heterocycles. The Hall–Kier alpha value is -3.40. The zero-order chi connectivity index (χ0) is 18.4. The van der Waals surface area contributed by atoms with Crippen LogP contribution in [0, 0.1) is 0 Å². The van der Waals surface area contributed by atoms with Crippen LogP contribution in [0.5, 0.6) is 11.5 Å². The van der Waals surface area contributed by atoms with E-state index in [0.29, 0.717) is 34.8 Å². The molecule has 0 atom stereocenters. The molecule has 0 unspecified atom stereocenters. The highest BCUT2D eigenvalue weighted by Crippen LogP contribution is 2.18. The van der Waals surface area contributed by atoms with Crippen LogP contribution in [0.4, 0.5) is 0 Å². The molecule has 0 amide bonds. The van der Waals surface area contributed by atoms with E-state index >= 15 is 0 Å². The Kier molecular flexibility index (Phi) is 5.44. The molecule has 0 aliphatic carbocycles. The number of rotatable bonds is 6. The maximum Gasteiger partial charge on any atom is 0.343 e. The van der Waals surface area contributed by atoms with Crippen molar-refractivity contribution in [1.29, 1.82) is 0 Å². The van der Waals surface area contributed by atoms with E-state index in [2.05, 4.69) is 0 Å². The van der Waals surface area contributed by atoms with Crippen LogP contribution in [-0.4, -0.2) is 18.4 Å². The van der Waals surface area contributed by atoms with E-state index in [4.69, 9.17) is 9.47 Å². The minimum absolute atomic E-state index is 0.0741. The summed E-state index contributed by atoms with van der Waals surface area (Å²) in [7, 11) is 0. The number of esters is 1. The largest absolute Gasteiger partial charge is 0.494 e. The van der Waals surface area contributed by atoms with E-state index in [1.807, 2.05) is 25.1 Å². The van der Waals surface area contributed by atoms with E-state index in [9.17, 15) is 9.59 Å². The summed E-state index contributed by atoms with van der Waals surface area (Å²) in [6, 6.07) is 22.3. The summed E-state index contributed by atoms with van der Waals surface area (Å²) in [5.41, 5.74) is 1.58. The molecule has 0 radical (unpaired) electrons. The monoisotopic (exact) mass is 346 g/mol. The van der Waals surface area contributed by atoms with E-state index in [1.54, 1.807) is 60.7 Å². The average molecular weight is 346 g/mol. The van der Waals surface area contributed by atoms with Crippen molar-refractivity contribution in [3.05, 3.63) is 95.6 Å². The smallest absolute Gasteiger partial charge is 0.343 e. The quantitative estimate of drug-likeness (QED) is 0.374. The molecule has 26 heavy (non-hydrogen) atoms. The van der Waals surface area contributed by atoms with Gasteiger partial charge in [0.25, 0.3) is 0 Å². The molecule has 3 aromatic rings. The lowest BCUT2D eigenvalue weighted by Gasteiger charge is -2.07. The van der Waals surface area contributed by atoms with Gasteiger partial charge >= 0.3 is 5.97 Å². The Labute approximate surface area is 152 Å². The van der Waals surface area contributed by atoms with Gasteiger partial charge in [-0.3, -0.25) is 4.79 Å². The second-order valence-electron chi connectivity index (χ2n) is 5.57. The first-order valence-electron chi connectivity index (χ1n) is 8.32. The highest BCUT2D eigenvalue weighted by molar-refractivity contribution is 6.09. The van der Waals surface area contributed by atoms with E-state index < -0.39 is 5.97 Å². The van der Waals surface area contributed by atoms with Crippen molar-refractivity contribution in [3.8, 4) is 11.5 Å². The zero-order valence-corrected chi connectivity index (χ0v) is 14.3. The SMILES string of the molecule is CCOc1ccc(C(=O)Oc2ccc(C(=O)c3ccccc3)cc2)cc1. The molecule has 0 saturated heterocycles. The van der Waals surface area contributed by atoms with Gasteiger partial charge in [0.15, 0.2) is 5.78 Å². The third-order valence-corrected chi connectivity index (χ3v) is 3.76. The Bertz CT molecular complexity index is 882. The topological polar surface area (TPSA) is 52.6 Å². The molecule has 130 valence electrons. The number of benzene rings is 3. The second kappa shape index (κ2) is 8.12. The van der Waals surface area contributed by atoms with Crippen molar-refractivity contribution in [2.75, 3.05) is 6.61 Å². The van der Waals surface area contributed by atoms with Crippen LogP contribution in [0.3, 0.4) is 0 Å². The normalized spacial score (nSPS) is 10.2. The Morgan fingerprint density at radius 2 is 1.23 bits per heavy atom. The lowest BCUT2D eigenvalue weighted by Crippen LogP contribution is -2.08. The van der Waals surface area contributed by atoms with Crippen LogP contribution in [0.1, 0.15) is 33.2 Å². The molecule has 3 aromatic carbocycles. The van der Waals surface area contributed by atoms with Crippen molar-refractivity contribution in [3.63, 3.8) is 0 Å². The highest BCUT2D eigenvalue weighted by atomic mass is 16.5. The maximum absolute atomic E-state index is 12.4. The van der Waals surface area contributed by atoms with Crippen LogP contribution in [0.2, 0.25) is 0 Å². The van der Waals surface area contributed by atoms with Crippen LogP contribution in [0.15, 0.2) is 78.9 Å². The summed E-state index contributed by atoms with van der Waals surface area (Å²) >= 11 is 0. The van der Waals surface area contributed by atoms with Crippen molar-refractivity contribution in [2.45, 2.75) is 6.92 Å². The first kappa shape index (κ1) is 17.4. The maximum atomic E-state index is 12.4. The standard InChI is InChI=1S/C22H18O4/c1-2-25-19-12-10-18(11-13-19)22(24)26-20-14-8-17(9-15-20)21(23)16-6-4-3-5-7-16/h3-15H,2H2,1H3. The molecule has 0 aliphatic rings.